The molecule has 1 unspecified atom stereocenters. The number of rotatable bonds is 8. The van der Waals surface area contributed by atoms with E-state index in [2.05, 4.69) is 18.7 Å². The molecule has 0 aliphatic carbocycles. The summed E-state index contributed by atoms with van der Waals surface area (Å²) in [5.41, 5.74) is 6.66. The quantitative estimate of drug-likeness (QED) is 0.532. The fourth-order valence-electron chi connectivity index (χ4n) is 3.65. The Bertz CT molecular complexity index is 628. The van der Waals surface area contributed by atoms with Crippen molar-refractivity contribution < 1.29 is 14.3 Å². The lowest BCUT2D eigenvalue weighted by molar-refractivity contribution is 0.0947. The van der Waals surface area contributed by atoms with Crippen molar-refractivity contribution in [1.82, 2.24) is 4.90 Å². The first-order chi connectivity index (χ1) is 12.4. The average molecular weight is 383 g/mol. The second-order valence-electron chi connectivity index (χ2n) is 7.08. The lowest BCUT2D eigenvalue weighted by Gasteiger charge is -2.35. The van der Waals surface area contributed by atoms with Gasteiger partial charge in [-0.15, -0.1) is 0 Å². The summed E-state index contributed by atoms with van der Waals surface area (Å²) in [6, 6.07) is 2.23. The average Bonchev–Trinajstić information content (AvgIpc) is 2.67. The summed E-state index contributed by atoms with van der Waals surface area (Å²) in [7, 11) is 3.00. The zero-order chi connectivity index (χ0) is 19.3. The molecule has 1 fully saturated rings. The van der Waals surface area contributed by atoms with E-state index in [1.165, 1.54) is 20.6 Å². The van der Waals surface area contributed by atoms with Crippen molar-refractivity contribution in [3.05, 3.63) is 16.7 Å². The lowest BCUT2D eigenvalue weighted by Crippen LogP contribution is -2.39. The van der Waals surface area contributed by atoms with Gasteiger partial charge in [0.25, 0.3) is 0 Å². The molecule has 1 aliphatic rings. The summed E-state index contributed by atoms with van der Waals surface area (Å²) in [6.07, 6.45) is 4.86. The van der Waals surface area contributed by atoms with Crippen LogP contribution in [-0.2, 0) is 0 Å². The lowest BCUT2D eigenvalue weighted by atomic mass is 9.89. The Kier molecular flexibility index (Phi) is 7.59. The maximum Gasteiger partial charge on any atom is 0.186 e. The molecule has 1 aromatic carbocycles. The number of halogens is 1. The van der Waals surface area contributed by atoms with Crippen molar-refractivity contribution in [2.24, 2.45) is 5.92 Å². The Hall–Kier alpha value is -1.46. The van der Waals surface area contributed by atoms with Gasteiger partial charge in [0.1, 0.15) is 0 Å². The van der Waals surface area contributed by atoms with Gasteiger partial charge in [0.05, 0.1) is 30.5 Å². The van der Waals surface area contributed by atoms with Crippen LogP contribution >= 0.6 is 11.6 Å². The fourth-order valence-corrected chi connectivity index (χ4v) is 3.84. The van der Waals surface area contributed by atoms with Crippen LogP contribution in [0.3, 0.4) is 0 Å². The normalized spacial score (nSPS) is 17.1. The highest BCUT2D eigenvalue weighted by Crippen LogP contribution is 2.42. The number of hydrogen-bond donors (Lipinski definition) is 1. The highest BCUT2D eigenvalue weighted by atomic mass is 35.5. The minimum Gasteiger partial charge on any atom is -0.492 e. The maximum absolute atomic E-state index is 12.8. The maximum atomic E-state index is 12.8. The molecule has 1 aromatic rings. The molecule has 1 saturated heterocycles. The van der Waals surface area contributed by atoms with Crippen LogP contribution in [0.25, 0.3) is 0 Å². The predicted molar refractivity (Wildman–Crippen MR) is 107 cm³/mol. The third-order valence-corrected chi connectivity index (χ3v) is 5.89. The number of piperidine rings is 1. The fraction of sp³-hybridized carbons (Fsp3) is 0.650. The molecule has 1 aliphatic heterocycles. The molecule has 0 saturated carbocycles. The molecule has 1 atom stereocenters. The molecule has 6 heteroatoms. The first kappa shape index (κ1) is 20.8. The van der Waals surface area contributed by atoms with Crippen molar-refractivity contribution in [2.45, 2.75) is 52.0 Å². The number of ether oxygens (including phenoxy) is 2. The summed E-state index contributed by atoms with van der Waals surface area (Å²) in [5.74, 6) is 1.30. The van der Waals surface area contributed by atoms with Crippen LogP contribution in [0.5, 0.6) is 11.5 Å². The Balaban J connectivity index is 2.00. The van der Waals surface area contributed by atoms with Crippen molar-refractivity contribution in [2.75, 3.05) is 33.0 Å². The number of methoxy groups -OCH3 is 2. The largest absolute Gasteiger partial charge is 0.492 e. The highest BCUT2D eigenvalue weighted by molar-refractivity contribution is 6.34. The van der Waals surface area contributed by atoms with Gasteiger partial charge in [-0.05, 0) is 57.7 Å². The summed E-state index contributed by atoms with van der Waals surface area (Å²) in [5, 5.41) is 0.313. The Morgan fingerprint density at radius 1 is 1.31 bits per heavy atom. The van der Waals surface area contributed by atoms with Crippen LogP contribution in [0.2, 0.25) is 5.02 Å². The molecule has 0 bridgehead atoms. The van der Waals surface area contributed by atoms with Gasteiger partial charge in [0.2, 0.25) is 0 Å². The molecule has 0 radical (unpaired) electrons. The van der Waals surface area contributed by atoms with Gasteiger partial charge in [0, 0.05) is 12.5 Å². The second-order valence-corrected chi connectivity index (χ2v) is 7.49. The molecule has 0 amide bonds. The summed E-state index contributed by atoms with van der Waals surface area (Å²) >= 11 is 6.16. The van der Waals surface area contributed by atoms with E-state index in [-0.39, 0.29) is 5.78 Å². The Labute approximate surface area is 161 Å². The van der Waals surface area contributed by atoms with Crippen molar-refractivity contribution in [3.63, 3.8) is 0 Å². The minimum absolute atomic E-state index is 0.0198. The van der Waals surface area contributed by atoms with E-state index in [0.717, 1.165) is 32.4 Å². The van der Waals surface area contributed by atoms with E-state index >= 15 is 0 Å². The zero-order valence-corrected chi connectivity index (χ0v) is 17.1. The monoisotopic (exact) mass is 382 g/mol. The van der Waals surface area contributed by atoms with Crippen LogP contribution < -0.4 is 15.2 Å². The van der Waals surface area contributed by atoms with Gasteiger partial charge in [-0.2, -0.15) is 0 Å². The first-order valence-corrected chi connectivity index (χ1v) is 9.77. The molecular weight excluding hydrogens is 352 g/mol. The van der Waals surface area contributed by atoms with E-state index in [4.69, 9.17) is 26.8 Å². The number of carbonyl (C=O) groups is 1. The van der Waals surface area contributed by atoms with E-state index in [9.17, 15) is 4.79 Å². The third-order valence-electron chi connectivity index (χ3n) is 5.58. The number of Topliss-reactive ketones (excluding diaryl/α,β-unsaturated/α-hetero) is 1. The standard InChI is InChI=1S/C20H31ClN2O3/c1-5-13(2)23-10-8-14(9-11-23)6-7-17(24)15-12-16(21)18(22)20(26-4)19(15)25-3/h12-14H,5-11,22H2,1-4H3. The van der Waals surface area contributed by atoms with Crippen molar-refractivity contribution in [3.8, 4) is 11.5 Å². The molecule has 146 valence electrons. The van der Waals surface area contributed by atoms with Crippen molar-refractivity contribution in [1.29, 1.82) is 0 Å². The number of nitrogen functional groups attached to an aromatic ring is 1. The molecule has 0 aromatic heterocycles. The van der Waals surface area contributed by atoms with Gasteiger partial charge in [0.15, 0.2) is 17.3 Å². The van der Waals surface area contributed by atoms with E-state index < -0.39 is 0 Å². The number of nitrogens with zero attached hydrogens (tertiary/aromatic N) is 1. The molecule has 2 rings (SSSR count). The molecule has 0 spiro atoms. The number of carbonyl (C=O) groups excluding carboxylic acids is 1. The van der Waals surface area contributed by atoms with Crippen LogP contribution in [0.1, 0.15) is 56.3 Å². The second kappa shape index (κ2) is 9.47. The number of nitrogens with two attached hydrogens (primary N) is 1. The molecular formula is C20H31ClN2O3. The van der Waals surface area contributed by atoms with E-state index in [1.807, 2.05) is 0 Å². The highest BCUT2D eigenvalue weighted by Gasteiger charge is 2.25. The molecule has 1 heterocycles. The van der Waals surface area contributed by atoms with Gasteiger partial charge in [-0.3, -0.25) is 4.79 Å². The summed E-state index contributed by atoms with van der Waals surface area (Å²) in [6.45, 7) is 6.76. The number of likely N-dealkylation sites (tertiary alicyclic amines) is 1. The summed E-state index contributed by atoms with van der Waals surface area (Å²) < 4.78 is 10.7. The number of hydrogen-bond acceptors (Lipinski definition) is 5. The molecule has 5 nitrogen and oxygen atoms in total. The SMILES string of the molecule is CCC(C)N1CCC(CCC(=O)c2cc(Cl)c(N)c(OC)c2OC)CC1. The minimum atomic E-state index is 0.0198. The topological polar surface area (TPSA) is 64.8 Å². The smallest absolute Gasteiger partial charge is 0.186 e. The Morgan fingerprint density at radius 3 is 2.46 bits per heavy atom. The van der Waals surface area contributed by atoms with Gasteiger partial charge in [-0.1, -0.05) is 18.5 Å². The predicted octanol–water partition coefficient (Wildman–Crippen LogP) is 4.41. The van der Waals surface area contributed by atoms with Crippen LogP contribution in [0, 0.1) is 5.92 Å². The number of benzene rings is 1. The summed E-state index contributed by atoms with van der Waals surface area (Å²) in [4.78, 5) is 15.3. The van der Waals surface area contributed by atoms with Crippen LogP contribution in [-0.4, -0.2) is 44.0 Å². The number of ketones is 1. The van der Waals surface area contributed by atoms with Crippen molar-refractivity contribution >= 4 is 23.1 Å². The zero-order valence-electron chi connectivity index (χ0n) is 16.3. The molecule has 26 heavy (non-hydrogen) atoms. The van der Waals surface area contributed by atoms with E-state index in [0.29, 0.717) is 46.2 Å². The van der Waals surface area contributed by atoms with Crippen LogP contribution in [0.15, 0.2) is 6.07 Å². The van der Waals surface area contributed by atoms with Gasteiger partial charge < -0.3 is 20.1 Å². The van der Waals surface area contributed by atoms with Crippen LogP contribution in [0.4, 0.5) is 5.69 Å². The number of anilines is 1. The van der Waals surface area contributed by atoms with Gasteiger partial charge >= 0.3 is 0 Å². The Morgan fingerprint density at radius 2 is 1.92 bits per heavy atom. The first-order valence-electron chi connectivity index (χ1n) is 9.40. The van der Waals surface area contributed by atoms with E-state index in [1.54, 1.807) is 6.07 Å². The third kappa shape index (κ3) is 4.63. The van der Waals surface area contributed by atoms with Gasteiger partial charge in [-0.25, -0.2) is 0 Å². The molecule has 2 N–H and O–H groups in total.